The molecule has 0 bridgehead atoms. The Labute approximate surface area is 107 Å². The summed E-state index contributed by atoms with van der Waals surface area (Å²) in [4.78, 5) is 4.48. The molecular formula is C15H17NO2. The van der Waals surface area contributed by atoms with Crippen molar-refractivity contribution >= 4 is 0 Å². The van der Waals surface area contributed by atoms with E-state index in [0.717, 1.165) is 28.1 Å². The number of hydrogen-bond acceptors (Lipinski definition) is 3. The van der Waals surface area contributed by atoms with Crippen LogP contribution in [0.3, 0.4) is 0 Å². The zero-order valence-electron chi connectivity index (χ0n) is 10.9. The molecule has 2 aromatic rings. The van der Waals surface area contributed by atoms with Gasteiger partial charge >= 0.3 is 0 Å². The maximum absolute atomic E-state index is 9.21. The first-order chi connectivity index (χ1) is 8.67. The van der Waals surface area contributed by atoms with Gasteiger partial charge in [-0.05, 0) is 37.1 Å². The van der Waals surface area contributed by atoms with Crippen LogP contribution in [0.2, 0.25) is 0 Å². The Balaban J connectivity index is 2.68. The van der Waals surface area contributed by atoms with E-state index in [1.165, 1.54) is 0 Å². The molecule has 0 spiro atoms. The highest BCUT2D eigenvalue weighted by Gasteiger charge is 2.13. The van der Waals surface area contributed by atoms with Crippen molar-refractivity contribution in [1.29, 1.82) is 0 Å². The lowest BCUT2D eigenvalue weighted by molar-refractivity contribution is 0.276. The van der Waals surface area contributed by atoms with Gasteiger partial charge in [-0.2, -0.15) is 0 Å². The number of hydrogen-bond donors (Lipinski definition) is 1. The van der Waals surface area contributed by atoms with Gasteiger partial charge in [0.05, 0.1) is 19.4 Å². The summed E-state index contributed by atoms with van der Waals surface area (Å²) in [6, 6.07) is 9.75. The van der Waals surface area contributed by atoms with Crippen molar-refractivity contribution in [3.63, 3.8) is 0 Å². The standard InChI is InChI=1S/C15H17NO2/c1-10-5-4-6-11(2)14(10)15-13(18-3)8-7-12(9-17)16-15/h4-8,17H,9H2,1-3H3. The fourth-order valence-electron chi connectivity index (χ4n) is 2.11. The molecule has 0 unspecified atom stereocenters. The number of aliphatic hydroxyl groups is 1. The summed E-state index contributed by atoms with van der Waals surface area (Å²) < 4.78 is 5.37. The van der Waals surface area contributed by atoms with Crippen LogP contribution in [-0.4, -0.2) is 17.2 Å². The van der Waals surface area contributed by atoms with Crippen LogP contribution in [0.15, 0.2) is 30.3 Å². The Bertz CT molecular complexity index is 544. The summed E-state index contributed by atoms with van der Waals surface area (Å²) in [5, 5.41) is 9.21. The van der Waals surface area contributed by atoms with Crippen LogP contribution in [-0.2, 0) is 6.61 Å². The monoisotopic (exact) mass is 243 g/mol. The highest BCUT2D eigenvalue weighted by atomic mass is 16.5. The minimum atomic E-state index is -0.0675. The molecule has 0 saturated carbocycles. The number of rotatable bonds is 3. The fourth-order valence-corrected chi connectivity index (χ4v) is 2.11. The Morgan fingerprint density at radius 2 is 1.78 bits per heavy atom. The van der Waals surface area contributed by atoms with Gasteiger partial charge in [0.2, 0.25) is 0 Å². The van der Waals surface area contributed by atoms with Crippen LogP contribution in [0.1, 0.15) is 16.8 Å². The fraction of sp³-hybridized carbons (Fsp3) is 0.267. The van der Waals surface area contributed by atoms with E-state index in [0.29, 0.717) is 5.69 Å². The summed E-state index contributed by atoms with van der Waals surface area (Å²) in [7, 11) is 1.63. The molecule has 3 heteroatoms. The second kappa shape index (κ2) is 5.19. The van der Waals surface area contributed by atoms with Gasteiger partial charge in [0.25, 0.3) is 0 Å². The molecular weight excluding hydrogens is 226 g/mol. The number of ether oxygens (including phenoxy) is 1. The van der Waals surface area contributed by atoms with Gasteiger partial charge in [-0.3, -0.25) is 0 Å². The molecule has 1 aromatic heterocycles. The molecule has 94 valence electrons. The first kappa shape index (κ1) is 12.6. The van der Waals surface area contributed by atoms with Crippen molar-refractivity contribution in [3.05, 3.63) is 47.2 Å². The molecule has 18 heavy (non-hydrogen) atoms. The smallest absolute Gasteiger partial charge is 0.145 e. The third-order valence-corrected chi connectivity index (χ3v) is 3.02. The molecule has 0 atom stereocenters. The first-order valence-corrected chi connectivity index (χ1v) is 5.88. The molecule has 1 heterocycles. The normalized spacial score (nSPS) is 10.4. The van der Waals surface area contributed by atoms with E-state index in [1.807, 2.05) is 12.1 Å². The highest BCUT2D eigenvalue weighted by Crippen LogP contribution is 2.32. The Kier molecular flexibility index (Phi) is 3.63. The van der Waals surface area contributed by atoms with Crippen molar-refractivity contribution in [3.8, 4) is 17.0 Å². The number of pyridine rings is 1. The number of aryl methyl sites for hydroxylation is 2. The van der Waals surface area contributed by atoms with E-state index < -0.39 is 0 Å². The van der Waals surface area contributed by atoms with E-state index in [1.54, 1.807) is 13.2 Å². The summed E-state index contributed by atoms with van der Waals surface area (Å²) >= 11 is 0. The molecule has 1 N–H and O–H groups in total. The van der Waals surface area contributed by atoms with Gasteiger partial charge in [0.1, 0.15) is 11.4 Å². The summed E-state index contributed by atoms with van der Waals surface area (Å²) in [5.41, 5.74) is 4.81. The van der Waals surface area contributed by atoms with E-state index >= 15 is 0 Å². The molecule has 0 aliphatic rings. The van der Waals surface area contributed by atoms with Crippen LogP contribution in [0.4, 0.5) is 0 Å². The second-order valence-electron chi connectivity index (χ2n) is 4.28. The van der Waals surface area contributed by atoms with Crippen molar-refractivity contribution < 1.29 is 9.84 Å². The lowest BCUT2D eigenvalue weighted by atomic mass is 9.99. The van der Waals surface area contributed by atoms with E-state index in [2.05, 4.69) is 31.0 Å². The predicted molar refractivity (Wildman–Crippen MR) is 71.6 cm³/mol. The lowest BCUT2D eigenvalue weighted by Crippen LogP contribution is -1.98. The topological polar surface area (TPSA) is 42.4 Å². The molecule has 0 aliphatic carbocycles. The van der Waals surface area contributed by atoms with Gasteiger partial charge in [0, 0.05) is 5.56 Å². The third-order valence-electron chi connectivity index (χ3n) is 3.02. The minimum Gasteiger partial charge on any atom is -0.494 e. The maximum Gasteiger partial charge on any atom is 0.145 e. The van der Waals surface area contributed by atoms with Crippen LogP contribution >= 0.6 is 0 Å². The number of aliphatic hydroxyl groups excluding tert-OH is 1. The van der Waals surface area contributed by atoms with Crippen molar-refractivity contribution in [2.75, 3.05) is 7.11 Å². The van der Waals surface area contributed by atoms with E-state index in [4.69, 9.17) is 4.74 Å². The summed E-state index contributed by atoms with van der Waals surface area (Å²) in [5.74, 6) is 0.726. The van der Waals surface area contributed by atoms with E-state index in [9.17, 15) is 5.11 Å². The molecule has 0 amide bonds. The molecule has 0 saturated heterocycles. The molecule has 0 fully saturated rings. The Morgan fingerprint density at radius 1 is 1.11 bits per heavy atom. The molecule has 1 aromatic carbocycles. The zero-order chi connectivity index (χ0) is 13.1. The molecule has 0 aliphatic heterocycles. The molecule has 2 rings (SSSR count). The van der Waals surface area contributed by atoms with Gasteiger partial charge in [0.15, 0.2) is 0 Å². The van der Waals surface area contributed by atoms with Crippen LogP contribution in [0.5, 0.6) is 5.75 Å². The average Bonchev–Trinajstić information content (AvgIpc) is 2.38. The van der Waals surface area contributed by atoms with Crippen molar-refractivity contribution in [1.82, 2.24) is 4.98 Å². The van der Waals surface area contributed by atoms with Crippen LogP contribution in [0, 0.1) is 13.8 Å². The van der Waals surface area contributed by atoms with Crippen molar-refractivity contribution in [2.45, 2.75) is 20.5 Å². The molecule has 0 radical (unpaired) electrons. The zero-order valence-corrected chi connectivity index (χ0v) is 10.9. The third kappa shape index (κ3) is 2.22. The highest BCUT2D eigenvalue weighted by molar-refractivity contribution is 5.72. The Morgan fingerprint density at radius 3 is 2.33 bits per heavy atom. The minimum absolute atomic E-state index is 0.0675. The van der Waals surface area contributed by atoms with Crippen LogP contribution in [0.25, 0.3) is 11.3 Å². The number of aromatic nitrogens is 1. The predicted octanol–water partition coefficient (Wildman–Crippen LogP) is 2.87. The number of methoxy groups -OCH3 is 1. The van der Waals surface area contributed by atoms with Gasteiger partial charge in [-0.1, -0.05) is 18.2 Å². The summed E-state index contributed by atoms with van der Waals surface area (Å²) in [6.45, 7) is 4.03. The van der Waals surface area contributed by atoms with E-state index in [-0.39, 0.29) is 6.61 Å². The second-order valence-corrected chi connectivity index (χ2v) is 4.28. The quantitative estimate of drug-likeness (QED) is 0.901. The van der Waals surface area contributed by atoms with Crippen molar-refractivity contribution in [2.24, 2.45) is 0 Å². The lowest BCUT2D eigenvalue weighted by Gasteiger charge is -2.13. The van der Waals surface area contributed by atoms with Gasteiger partial charge < -0.3 is 9.84 Å². The van der Waals surface area contributed by atoms with Gasteiger partial charge in [-0.15, -0.1) is 0 Å². The largest absolute Gasteiger partial charge is 0.494 e. The first-order valence-electron chi connectivity index (χ1n) is 5.88. The Hall–Kier alpha value is -1.87. The SMILES string of the molecule is COc1ccc(CO)nc1-c1c(C)cccc1C. The number of nitrogens with zero attached hydrogens (tertiary/aromatic N) is 1. The average molecular weight is 243 g/mol. The maximum atomic E-state index is 9.21. The van der Waals surface area contributed by atoms with Crippen LogP contribution < -0.4 is 4.74 Å². The summed E-state index contributed by atoms with van der Waals surface area (Å²) in [6.07, 6.45) is 0. The molecule has 3 nitrogen and oxygen atoms in total. The van der Waals surface area contributed by atoms with Gasteiger partial charge in [-0.25, -0.2) is 4.98 Å². The number of benzene rings is 1.